The number of hydrogen-bond donors (Lipinski definition) is 3. The first-order valence-electron chi connectivity index (χ1n) is 10.2. The Morgan fingerprint density at radius 2 is 1.83 bits per heavy atom. The third-order valence-electron chi connectivity index (χ3n) is 6.02. The first-order chi connectivity index (χ1) is 13.6. The van der Waals surface area contributed by atoms with E-state index in [0.717, 1.165) is 30.2 Å². The van der Waals surface area contributed by atoms with E-state index in [2.05, 4.69) is 46.3 Å². The minimum atomic E-state index is -0.0944. The van der Waals surface area contributed by atoms with E-state index in [0.29, 0.717) is 28.4 Å². The molecule has 1 aliphatic heterocycles. The minimum absolute atomic E-state index is 0.0944. The molecule has 0 radical (unpaired) electrons. The van der Waals surface area contributed by atoms with Crippen LogP contribution in [0.3, 0.4) is 0 Å². The summed E-state index contributed by atoms with van der Waals surface area (Å²) in [5, 5.41) is 6.05. The van der Waals surface area contributed by atoms with Crippen LogP contribution in [0.1, 0.15) is 47.0 Å². The molecule has 2 fully saturated rings. The molecule has 2 aromatic rings. The summed E-state index contributed by atoms with van der Waals surface area (Å²) in [6, 6.07) is 7.92. The molecule has 1 saturated carbocycles. The second-order valence-corrected chi connectivity index (χ2v) is 9.68. The third kappa shape index (κ3) is 3.99. The largest absolute Gasteiger partial charge is 0.393 e. The molecule has 1 amide bonds. The van der Waals surface area contributed by atoms with E-state index in [1.54, 1.807) is 6.33 Å². The molecule has 154 valence electrons. The number of carbonyl (C=O) groups is 1. The maximum absolute atomic E-state index is 11.2. The van der Waals surface area contributed by atoms with Crippen molar-refractivity contribution in [1.29, 1.82) is 0 Å². The number of rotatable bonds is 4. The molecule has 2 bridgehead atoms. The lowest BCUT2D eigenvalue weighted by Crippen LogP contribution is -2.35. The summed E-state index contributed by atoms with van der Waals surface area (Å²) in [6.45, 7) is 9.58. The quantitative estimate of drug-likeness (QED) is 0.720. The van der Waals surface area contributed by atoms with Crippen molar-refractivity contribution in [2.24, 2.45) is 10.8 Å². The van der Waals surface area contributed by atoms with Crippen molar-refractivity contribution in [2.75, 3.05) is 27.8 Å². The Morgan fingerprint density at radius 1 is 1.14 bits per heavy atom. The van der Waals surface area contributed by atoms with Crippen molar-refractivity contribution in [3.05, 3.63) is 30.6 Å². The zero-order valence-corrected chi connectivity index (χ0v) is 17.6. The second-order valence-electron chi connectivity index (χ2n) is 9.68. The summed E-state index contributed by atoms with van der Waals surface area (Å²) in [6.07, 6.45) is 5.14. The van der Waals surface area contributed by atoms with Gasteiger partial charge in [-0.3, -0.25) is 4.79 Å². The summed E-state index contributed by atoms with van der Waals surface area (Å²) in [7, 11) is 0. The van der Waals surface area contributed by atoms with Gasteiger partial charge < -0.3 is 21.3 Å². The zero-order valence-electron chi connectivity index (χ0n) is 17.6. The van der Waals surface area contributed by atoms with Crippen molar-refractivity contribution < 1.29 is 4.79 Å². The molecule has 1 saturated heterocycles. The van der Waals surface area contributed by atoms with Gasteiger partial charge in [-0.2, -0.15) is 0 Å². The molecular weight excluding hydrogens is 364 g/mol. The number of fused-ring (bicyclic) bond motifs is 2. The zero-order chi connectivity index (χ0) is 20.8. The first-order valence-corrected chi connectivity index (χ1v) is 10.2. The Kier molecular flexibility index (Phi) is 4.63. The van der Waals surface area contributed by atoms with Gasteiger partial charge in [-0.25, -0.2) is 9.97 Å². The van der Waals surface area contributed by atoms with Crippen molar-refractivity contribution in [2.45, 2.75) is 53.0 Å². The summed E-state index contributed by atoms with van der Waals surface area (Å²) in [5.41, 5.74) is 9.33. The number of nitrogen functional groups attached to an aromatic ring is 1. The van der Waals surface area contributed by atoms with Crippen LogP contribution in [-0.2, 0) is 4.79 Å². The van der Waals surface area contributed by atoms with Gasteiger partial charge in [0.2, 0.25) is 5.91 Å². The summed E-state index contributed by atoms with van der Waals surface area (Å²) in [5.74, 6) is 1.33. The van der Waals surface area contributed by atoms with Crippen LogP contribution in [0.5, 0.6) is 0 Å². The smallest absolute Gasteiger partial charge is 0.221 e. The fraction of sp³-hybridized carbons (Fsp3) is 0.500. The number of benzene rings is 1. The predicted octanol–water partition coefficient (Wildman–Crippen LogP) is 4.17. The average molecular weight is 395 g/mol. The van der Waals surface area contributed by atoms with Crippen LogP contribution in [0, 0.1) is 10.8 Å². The van der Waals surface area contributed by atoms with Crippen molar-refractivity contribution >= 4 is 34.6 Å². The number of nitrogens with one attached hydrogen (secondary N) is 2. The van der Waals surface area contributed by atoms with Crippen molar-refractivity contribution in [3.8, 4) is 0 Å². The number of hydrogen-bond acceptors (Lipinski definition) is 6. The number of nitrogens with two attached hydrogens (primary N) is 1. The van der Waals surface area contributed by atoms with Gasteiger partial charge in [0.05, 0.1) is 0 Å². The normalized spacial score (nSPS) is 25.0. The average Bonchev–Trinajstić information content (AvgIpc) is 2.86. The van der Waals surface area contributed by atoms with E-state index >= 15 is 0 Å². The van der Waals surface area contributed by atoms with Crippen molar-refractivity contribution in [1.82, 2.24) is 9.97 Å². The minimum Gasteiger partial charge on any atom is -0.393 e. The monoisotopic (exact) mass is 394 g/mol. The molecule has 2 aliphatic rings. The molecule has 1 aromatic heterocycles. The number of nitrogens with zero attached hydrogens (tertiary/aromatic N) is 3. The molecule has 4 rings (SSSR count). The Morgan fingerprint density at radius 3 is 2.52 bits per heavy atom. The molecule has 2 atom stereocenters. The number of anilines is 5. The highest BCUT2D eigenvalue weighted by Crippen LogP contribution is 2.54. The van der Waals surface area contributed by atoms with Gasteiger partial charge in [-0.15, -0.1) is 0 Å². The lowest BCUT2D eigenvalue weighted by Gasteiger charge is -2.39. The Hall–Kier alpha value is -2.83. The molecule has 4 N–H and O–H groups in total. The maximum atomic E-state index is 11.2. The molecule has 2 unspecified atom stereocenters. The van der Waals surface area contributed by atoms with Crippen LogP contribution in [-0.4, -0.2) is 28.5 Å². The lowest BCUT2D eigenvalue weighted by atomic mass is 9.65. The van der Waals surface area contributed by atoms with Gasteiger partial charge in [-0.1, -0.05) is 20.8 Å². The Balaban J connectivity index is 1.56. The van der Waals surface area contributed by atoms with Crippen LogP contribution >= 0.6 is 0 Å². The van der Waals surface area contributed by atoms with Gasteiger partial charge in [-0.05, 0) is 54.4 Å². The van der Waals surface area contributed by atoms with E-state index in [1.807, 2.05) is 24.3 Å². The Bertz CT molecular complexity index is 925. The van der Waals surface area contributed by atoms with E-state index in [4.69, 9.17) is 5.73 Å². The van der Waals surface area contributed by atoms with E-state index in [9.17, 15) is 4.79 Å². The van der Waals surface area contributed by atoms with Crippen LogP contribution in [0.4, 0.5) is 28.7 Å². The highest BCUT2D eigenvalue weighted by atomic mass is 16.1. The molecule has 0 spiro atoms. The third-order valence-corrected chi connectivity index (χ3v) is 6.02. The standard InChI is InChI=1S/C22H30N6O/c1-14(29)26-15-5-7-16(8-6-15)27-19-18(23)20(25-13-24-19)28-12-22(4)10-17(28)9-21(2,3)11-22/h5-8,13,17H,9-12,23H2,1-4H3,(H,26,29)(H,24,25,27). The summed E-state index contributed by atoms with van der Waals surface area (Å²) >= 11 is 0. The fourth-order valence-electron chi connectivity index (χ4n) is 5.40. The van der Waals surface area contributed by atoms with E-state index in [-0.39, 0.29) is 5.91 Å². The molecule has 7 heteroatoms. The molecule has 7 nitrogen and oxygen atoms in total. The SMILES string of the molecule is CC(=O)Nc1ccc(Nc2ncnc(N3CC4(C)CC3CC(C)(C)C4)c2N)cc1. The molecular formula is C22H30N6O. The first kappa shape index (κ1) is 19.5. The highest BCUT2D eigenvalue weighted by molar-refractivity contribution is 5.89. The van der Waals surface area contributed by atoms with Gasteiger partial charge in [0.1, 0.15) is 12.0 Å². The van der Waals surface area contributed by atoms with Gasteiger partial charge in [0.15, 0.2) is 11.6 Å². The lowest BCUT2D eigenvalue weighted by molar-refractivity contribution is -0.114. The van der Waals surface area contributed by atoms with E-state index in [1.165, 1.54) is 19.8 Å². The van der Waals surface area contributed by atoms with Gasteiger partial charge >= 0.3 is 0 Å². The second kappa shape index (κ2) is 6.90. The maximum Gasteiger partial charge on any atom is 0.221 e. The molecule has 2 heterocycles. The fourth-order valence-corrected chi connectivity index (χ4v) is 5.40. The van der Waals surface area contributed by atoms with Gasteiger partial charge in [0, 0.05) is 30.9 Å². The Labute approximate surface area is 172 Å². The molecule has 1 aliphatic carbocycles. The predicted molar refractivity (Wildman–Crippen MR) is 117 cm³/mol. The number of carbonyl (C=O) groups excluding carboxylic acids is 1. The van der Waals surface area contributed by atoms with Gasteiger partial charge in [0.25, 0.3) is 0 Å². The van der Waals surface area contributed by atoms with Crippen LogP contribution in [0.25, 0.3) is 0 Å². The number of amides is 1. The number of aromatic nitrogens is 2. The van der Waals surface area contributed by atoms with E-state index < -0.39 is 0 Å². The molecule has 1 aromatic carbocycles. The summed E-state index contributed by atoms with van der Waals surface area (Å²) in [4.78, 5) is 22.5. The topological polar surface area (TPSA) is 96.2 Å². The van der Waals surface area contributed by atoms with Crippen LogP contribution < -0.4 is 21.3 Å². The molecule has 29 heavy (non-hydrogen) atoms. The highest BCUT2D eigenvalue weighted by Gasteiger charge is 2.50. The van der Waals surface area contributed by atoms with Crippen molar-refractivity contribution in [3.63, 3.8) is 0 Å². The van der Waals surface area contributed by atoms with Crippen LogP contribution in [0.2, 0.25) is 0 Å². The summed E-state index contributed by atoms with van der Waals surface area (Å²) < 4.78 is 0. The van der Waals surface area contributed by atoms with Crippen LogP contribution in [0.15, 0.2) is 30.6 Å².